The summed E-state index contributed by atoms with van der Waals surface area (Å²) in [4.78, 5) is 25.0. The van der Waals surface area contributed by atoms with Crippen molar-refractivity contribution < 1.29 is 23.9 Å². The topological polar surface area (TPSA) is 135 Å². The van der Waals surface area contributed by atoms with Crippen molar-refractivity contribution in [3.05, 3.63) is 54.6 Å². The minimum Gasteiger partial charge on any atom is -0.493 e. The molecule has 3 heterocycles. The highest BCUT2D eigenvalue weighted by Crippen LogP contribution is 2.38. The quantitative estimate of drug-likeness (QED) is 0.132. The summed E-state index contributed by atoms with van der Waals surface area (Å²) < 4.78 is 17.1. The van der Waals surface area contributed by atoms with Gasteiger partial charge in [-0.25, -0.2) is 14.8 Å². The molecule has 5 rings (SSSR count). The van der Waals surface area contributed by atoms with E-state index < -0.39 is 6.03 Å². The number of aliphatic hydroxyl groups is 1. The van der Waals surface area contributed by atoms with E-state index in [0.717, 1.165) is 59.7 Å². The van der Waals surface area contributed by atoms with Gasteiger partial charge in [-0.2, -0.15) is 0 Å². The number of fused-ring (bicyclic) bond motifs is 1. The lowest BCUT2D eigenvalue weighted by atomic mass is 9.93. The van der Waals surface area contributed by atoms with E-state index in [1.807, 2.05) is 57.2 Å². The second-order valence-corrected chi connectivity index (χ2v) is 13.0. The lowest BCUT2D eigenvalue weighted by Crippen LogP contribution is -2.35. The van der Waals surface area contributed by atoms with Gasteiger partial charge in [-0.15, -0.1) is 0 Å². The number of benzene rings is 2. The first-order chi connectivity index (χ1) is 21.2. The van der Waals surface area contributed by atoms with E-state index >= 15 is 0 Å². The lowest BCUT2D eigenvalue weighted by Gasteiger charge is -2.30. The van der Waals surface area contributed by atoms with Crippen LogP contribution in [0, 0.1) is 5.92 Å². The van der Waals surface area contributed by atoms with Crippen LogP contribution in [0.25, 0.3) is 10.9 Å². The molecule has 2 aromatic carbocycles. The van der Waals surface area contributed by atoms with Crippen molar-refractivity contribution in [3.63, 3.8) is 0 Å². The molecule has 0 bridgehead atoms. The van der Waals surface area contributed by atoms with Gasteiger partial charge in [0.25, 0.3) is 0 Å². The maximum atomic E-state index is 12.6. The molecule has 1 aliphatic heterocycles. The molecule has 1 saturated heterocycles. The summed E-state index contributed by atoms with van der Waals surface area (Å²) in [7, 11) is 1.62. The molecule has 0 unspecified atom stereocenters. The highest BCUT2D eigenvalue weighted by molar-refractivity contribution is 7.99. The number of aromatic nitrogens is 3. The van der Waals surface area contributed by atoms with Gasteiger partial charge in [0, 0.05) is 46.7 Å². The summed E-state index contributed by atoms with van der Waals surface area (Å²) in [5.41, 5.74) is 1.16. The van der Waals surface area contributed by atoms with E-state index in [1.54, 1.807) is 13.2 Å². The summed E-state index contributed by atoms with van der Waals surface area (Å²) >= 11 is 1.47. The predicted octanol–water partition coefficient (Wildman–Crippen LogP) is 6.19. The Bertz CT molecular complexity index is 1560. The average Bonchev–Trinajstić information content (AvgIpc) is 3.49. The van der Waals surface area contributed by atoms with Crippen LogP contribution in [0.15, 0.2) is 63.2 Å². The van der Waals surface area contributed by atoms with E-state index in [4.69, 9.17) is 14.0 Å². The minimum atomic E-state index is -0.420. The van der Waals surface area contributed by atoms with Crippen molar-refractivity contribution in [1.82, 2.24) is 20.0 Å². The van der Waals surface area contributed by atoms with E-state index in [1.165, 1.54) is 18.1 Å². The molecule has 4 aromatic rings. The van der Waals surface area contributed by atoms with E-state index in [-0.39, 0.29) is 12.0 Å². The van der Waals surface area contributed by atoms with Crippen LogP contribution in [0.5, 0.6) is 11.5 Å². The second-order valence-electron chi connectivity index (χ2n) is 11.9. The van der Waals surface area contributed by atoms with Crippen molar-refractivity contribution in [2.24, 2.45) is 5.92 Å². The first-order valence-electron chi connectivity index (χ1n) is 14.8. The molecular formula is C32H40N6O5S. The van der Waals surface area contributed by atoms with Crippen LogP contribution < -0.4 is 20.1 Å². The number of carbonyl (C=O) groups excluding carboxylic acids is 1. The van der Waals surface area contributed by atoms with Gasteiger partial charge in [-0.3, -0.25) is 5.32 Å². The van der Waals surface area contributed by atoms with Gasteiger partial charge in [0.05, 0.1) is 19.2 Å². The zero-order valence-corrected chi connectivity index (χ0v) is 26.4. The summed E-state index contributed by atoms with van der Waals surface area (Å²) in [6, 6.07) is 12.6. The largest absolute Gasteiger partial charge is 0.493 e. The number of hydrogen-bond donors (Lipinski definition) is 3. The van der Waals surface area contributed by atoms with E-state index in [0.29, 0.717) is 41.3 Å². The van der Waals surface area contributed by atoms with Crippen LogP contribution in [-0.2, 0) is 5.41 Å². The molecule has 0 radical (unpaired) electrons. The highest BCUT2D eigenvalue weighted by Gasteiger charge is 2.21. The van der Waals surface area contributed by atoms with E-state index in [9.17, 15) is 9.90 Å². The summed E-state index contributed by atoms with van der Waals surface area (Å²) in [5.74, 6) is 2.73. The zero-order chi connectivity index (χ0) is 31.1. The van der Waals surface area contributed by atoms with Gasteiger partial charge in [0.2, 0.25) is 0 Å². The number of likely N-dealkylation sites (tertiary alicyclic amines) is 1. The van der Waals surface area contributed by atoms with Crippen LogP contribution in [0.3, 0.4) is 0 Å². The third kappa shape index (κ3) is 8.19. The Morgan fingerprint density at radius 2 is 1.93 bits per heavy atom. The molecule has 0 saturated carbocycles. The van der Waals surface area contributed by atoms with Gasteiger partial charge in [0.1, 0.15) is 17.1 Å². The standard InChI is InChI=1S/C32H40N6O5S/c1-32(2,3)28-18-29(37-43-28)36-31(40)35-22-7-5-8-23(15-22)44-30-24-16-27(26(41-4)17-25(24)33-20-34-30)42-14-6-11-38-12-9-21(19-39)10-13-38/h5,7-8,15-18,20-21,39H,6,9-14,19H2,1-4H3,(H2,35,36,37,40). The molecule has 3 N–H and O–H groups in total. The summed E-state index contributed by atoms with van der Waals surface area (Å²) in [6.45, 7) is 9.87. The number of hydrogen-bond acceptors (Lipinski definition) is 10. The zero-order valence-electron chi connectivity index (χ0n) is 25.6. The van der Waals surface area contributed by atoms with Gasteiger partial charge < -0.3 is 29.3 Å². The number of nitrogens with one attached hydrogen (secondary N) is 2. The summed E-state index contributed by atoms with van der Waals surface area (Å²) in [6.07, 6.45) is 4.51. The fraction of sp³-hybridized carbons (Fsp3) is 0.438. The maximum absolute atomic E-state index is 12.6. The fourth-order valence-corrected chi connectivity index (χ4v) is 5.90. The molecule has 234 valence electrons. The minimum absolute atomic E-state index is 0.211. The number of rotatable bonds is 11. The summed E-state index contributed by atoms with van der Waals surface area (Å²) in [5, 5.41) is 20.5. The number of ether oxygens (including phenoxy) is 2. The third-order valence-corrected chi connectivity index (χ3v) is 8.53. The van der Waals surface area contributed by atoms with E-state index in [2.05, 4.69) is 30.7 Å². The SMILES string of the molecule is COc1cc2ncnc(Sc3cccc(NC(=O)Nc4cc(C(C)(C)C)on4)c3)c2cc1OCCCN1CCC(CO)CC1. The number of aliphatic hydroxyl groups excluding tert-OH is 1. The molecule has 2 amide bonds. The van der Waals surface area contributed by atoms with Gasteiger partial charge in [0.15, 0.2) is 17.3 Å². The van der Waals surface area contributed by atoms with Crippen molar-refractivity contribution in [1.29, 1.82) is 0 Å². The first kappa shape index (κ1) is 31.6. The van der Waals surface area contributed by atoms with Crippen LogP contribution in [0.1, 0.15) is 45.8 Å². The van der Waals surface area contributed by atoms with Gasteiger partial charge in [-0.1, -0.05) is 43.8 Å². The molecule has 1 aliphatic rings. The third-order valence-electron chi connectivity index (χ3n) is 7.52. The molecule has 0 spiro atoms. The Kier molecular flexibility index (Phi) is 10.2. The van der Waals surface area contributed by atoms with Crippen LogP contribution in [0.4, 0.5) is 16.3 Å². The molecule has 11 nitrogen and oxygen atoms in total. The fourth-order valence-electron chi connectivity index (χ4n) is 4.97. The number of methoxy groups -OCH3 is 1. The van der Waals surface area contributed by atoms with Crippen molar-refractivity contribution in [3.8, 4) is 11.5 Å². The van der Waals surface area contributed by atoms with Crippen LogP contribution in [-0.4, -0.2) is 71.1 Å². The molecule has 0 aliphatic carbocycles. The molecule has 0 atom stereocenters. The van der Waals surface area contributed by atoms with Crippen molar-refractivity contribution in [2.75, 3.05) is 50.6 Å². The molecule has 12 heteroatoms. The van der Waals surface area contributed by atoms with Crippen molar-refractivity contribution in [2.45, 2.75) is 55.4 Å². The highest BCUT2D eigenvalue weighted by atomic mass is 32.2. The molecule has 1 fully saturated rings. The maximum Gasteiger partial charge on any atom is 0.324 e. The predicted molar refractivity (Wildman–Crippen MR) is 171 cm³/mol. The number of amides is 2. The molecule has 44 heavy (non-hydrogen) atoms. The Morgan fingerprint density at radius 3 is 2.66 bits per heavy atom. The number of nitrogens with zero attached hydrogens (tertiary/aromatic N) is 4. The number of anilines is 2. The monoisotopic (exact) mass is 620 g/mol. The normalized spacial score (nSPS) is 14.5. The molecule has 2 aromatic heterocycles. The van der Waals surface area contributed by atoms with Gasteiger partial charge in [-0.05, 0) is 62.5 Å². The Balaban J connectivity index is 1.23. The number of carbonyl (C=O) groups is 1. The average molecular weight is 621 g/mol. The van der Waals surface area contributed by atoms with Crippen LogP contribution >= 0.6 is 11.8 Å². The second kappa shape index (κ2) is 14.3. The number of urea groups is 1. The molecular weight excluding hydrogens is 580 g/mol. The Labute approximate surface area is 261 Å². The smallest absolute Gasteiger partial charge is 0.324 e. The lowest BCUT2D eigenvalue weighted by molar-refractivity contribution is 0.126. The first-order valence-corrected chi connectivity index (χ1v) is 15.7. The number of piperidine rings is 1. The van der Waals surface area contributed by atoms with Crippen molar-refractivity contribution >= 4 is 40.2 Å². The van der Waals surface area contributed by atoms with Crippen LogP contribution in [0.2, 0.25) is 0 Å². The van der Waals surface area contributed by atoms with Gasteiger partial charge >= 0.3 is 6.03 Å². The Hall–Kier alpha value is -3.87. The Morgan fingerprint density at radius 1 is 1.11 bits per heavy atom.